The predicted octanol–water partition coefficient (Wildman–Crippen LogP) is 5.55. The number of aromatic nitrogens is 2. The first kappa shape index (κ1) is 27.6. The Labute approximate surface area is 229 Å². The molecule has 0 saturated heterocycles. The van der Waals surface area contributed by atoms with E-state index in [4.69, 9.17) is 9.47 Å². The first-order valence-corrected chi connectivity index (χ1v) is 13.7. The first-order valence-electron chi connectivity index (χ1n) is 12.2. The van der Waals surface area contributed by atoms with Crippen molar-refractivity contribution in [1.82, 2.24) is 14.7 Å². The lowest BCUT2D eigenvalue weighted by molar-refractivity contribution is 0.0978. The van der Waals surface area contributed by atoms with Gasteiger partial charge in [0.15, 0.2) is 4.90 Å². The third-order valence-corrected chi connectivity index (χ3v) is 7.06. The Morgan fingerprint density at radius 3 is 2.38 bits per heavy atom. The highest BCUT2D eigenvalue weighted by atomic mass is 32.2. The van der Waals surface area contributed by atoms with Gasteiger partial charge in [-0.15, -0.1) is 0 Å². The number of ether oxygens (including phenoxy) is 2. The van der Waals surface area contributed by atoms with Crippen molar-refractivity contribution >= 4 is 15.9 Å². The monoisotopic (exact) mass is 551 g/mol. The van der Waals surface area contributed by atoms with E-state index < -0.39 is 26.4 Å². The molecule has 0 spiro atoms. The molecule has 9 nitrogen and oxygen atoms in total. The minimum absolute atomic E-state index is 0. The second kappa shape index (κ2) is 11.1. The number of benzene rings is 2. The van der Waals surface area contributed by atoms with Gasteiger partial charge >= 0.3 is 0 Å². The Kier molecular flexibility index (Phi) is 7.87. The van der Waals surface area contributed by atoms with Gasteiger partial charge in [-0.3, -0.25) is 9.59 Å². The molecule has 2 aromatic carbocycles. The highest BCUT2D eigenvalue weighted by Gasteiger charge is 2.25. The summed E-state index contributed by atoms with van der Waals surface area (Å²) in [6.45, 7) is 9.56. The molecule has 10 heteroatoms. The van der Waals surface area contributed by atoms with Crippen LogP contribution in [-0.4, -0.2) is 30.4 Å². The van der Waals surface area contributed by atoms with Gasteiger partial charge in [-0.2, -0.15) is 0 Å². The van der Waals surface area contributed by atoms with Crippen molar-refractivity contribution in [3.8, 4) is 28.6 Å². The Balaban J connectivity index is 0.00000294. The van der Waals surface area contributed by atoms with Gasteiger partial charge in [0.2, 0.25) is 5.88 Å². The molecular weight excluding hydrogens is 518 g/mol. The van der Waals surface area contributed by atoms with Gasteiger partial charge < -0.3 is 14.5 Å². The first-order chi connectivity index (χ1) is 18.4. The van der Waals surface area contributed by atoms with Crippen LogP contribution in [-0.2, 0) is 10.0 Å². The quantitative estimate of drug-likeness (QED) is 0.294. The van der Waals surface area contributed by atoms with Gasteiger partial charge in [-0.1, -0.05) is 29.8 Å². The zero-order valence-corrected chi connectivity index (χ0v) is 23.0. The number of carbonyl (C=O) groups excluding carboxylic acids is 1. The van der Waals surface area contributed by atoms with Crippen LogP contribution < -0.4 is 19.8 Å². The summed E-state index contributed by atoms with van der Waals surface area (Å²) >= 11 is 0. The van der Waals surface area contributed by atoms with E-state index >= 15 is 0 Å². The van der Waals surface area contributed by atoms with Crippen molar-refractivity contribution in [2.45, 2.75) is 45.6 Å². The van der Waals surface area contributed by atoms with Crippen molar-refractivity contribution in [3.05, 3.63) is 99.5 Å². The molecule has 0 unspecified atom stereocenters. The second-order valence-corrected chi connectivity index (χ2v) is 11.0. The average molecular weight is 552 g/mol. The van der Waals surface area contributed by atoms with E-state index in [0.717, 1.165) is 22.8 Å². The fourth-order valence-corrected chi connectivity index (χ4v) is 5.15. The number of aryl methyl sites for hydroxylation is 3. The van der Waals surface area contributed by atoms with E-state index in [-0.39, 0.29) is 20.4 Å². The smallest absolute Gasteiger partial charge is 0.270 e. The molecule has 0 radical (unpaired) electrons. The molecule has 1 amide bonds. The van der Waals surface area contributed by atoms with Crippen molar-refractivity contribution in [2.75, 3.05) is 0 Å². The molecule has 2 heterocycles. The molecule has 2 N–H and O–H groups in total. The number of nitrogens with zero attached hydrogens (tertiary/aromatic N) is 1. The summed E-state index contributed by atoms with van der Waals surface area (Å²) in [7, 11) is -4.47. The van der Waals surface area contributed by atoms with Crippen LogP contribution in [0.1, 0.15) is 43.7 Å². The van der Waals surface area contributed by atoms with Gasteiger partial charge in [0, 0.05) is 14.6 Å². The van der Waals surface area contributed by atoms with Crippen LogP contribution in [0.15, 0.2) is 76.6 Å². The van der Waals surface area contributed by atoms with Gasteiger partial charge in [0.1, 0.15) is 17.1 Å². The van der Waals surface area contributed by atoms with Gasteiger partial charge in [0.05, 0.1) is 11.8 Å². The zero-order valence-electron chi connectivity index (χ0n) is 22.2. The van der Waals surface area contributed by atoms with Crippen molar-refractivity contribution in [2.24, 2.45) is 0 Å². The minimum Gasteiger partial charge on any atom is -0.491 e. The minimum atomic E-state index is -4.47. The molecule has 4 aromatic rings. The molecule has 0 aliphatic carbocycles. The Hall–Kier alpha value is -4.44. The van der Waals surface area contributed by atoms with Gasteiger partial charge in [0.25, 0.3) is 21.5 Å². The summed E-state index contributed by atoms with van der Waals surface area (Å²) < 4.78 is 39.6. The van der Waals surface area contributed by atoms with Crippen LogP contribution >= 0.6 is 0 Å². The normalized spacial score (nSPS) is 11.3. The summed E-state index contributed by atoms with van der Waals surface area (Å²) in [4.78, 5) is 31.6. The predicted molar refractivity (Wildman–Crippen MR) is 152 cm³/mol. The van der Waals surface area contributed by atoms with Crippen molar-refractivity contribution in [1.29, 1.82) is 0 Å². The van der Waals surface area contributed by atoms with Crippen LogP contribution in [0, 0.1) is 20.8 Å². The van der Waals surface area contributed by atoms with Crippen molar-refractivity contribution < 1.29 is 25.5 Å². The van der Waals surface area contributed by atoms with E-state index in [2.05, 4.69) is 9.97 Å². The summed E-state index contributed by atoms with van der Waals surface area (Å²) in [5.41, 5.74) is 2.91. The molecule has 0 atom stereocenters. The number of aromatic amines is 1. The number of amides is 1. The summed E-state index contributed by atoms with van der Waals surface area (Å²) in [6, 6.07) is 16.7. The second-order valence-electron chi connectivity index (χ2n) is 9.37. The molecule has 4 rings (SSSR count). The largest absolute Gasteiger partial charge is 0.491 e. The molecule has 0 saturated carbocycles. The lowest BCUT2D eigenvalue weighted by Gasteiger charge is -2.16. The van der Waals surface area contributed by atoms with Crippen LogP contribution in [0.2, 0.25) is 0 Å². The highest BCUT2D eigenvalue weighted by Crippen LogP contribution is 2.33. The van der Waals surface area contributed by atoms with Crippen LogP contribution in [0.5, 0.6) is 17.4 Å². The molecule has 2 aromatic heterocycles. The number of sulfonamides is 1. The molecule has 39 heavy (non-hydrogen) atoms. The van der Waals surface area contributed by atoms with E-state index in [9.17, 15) is 18.0 Å². The molecule has 0 aliphatic rings. The maximum absolute atomic E-state index is 13.3. The SMILES string of the molecule is Cc1cc(C)c(Oc2nc(-c3cccc(OC(C)C)c3)ccc2C(=O)NS(=O)(=O)c2ccc[nH]c2=O)c(C)c1.[HH].[HH]. The number of nitrogens with one attached hydrogen (secondary N) is 2. The number of hydrogen-bond acceptors (Lipinski definition) is 7. The molecule has 0 aliphatic heterocycles. The fourth-order valence-electron chi connectivity index (χ4n) is 4.13. The van der Waals surface area contributed by atoms with E-state index in [1.165, 1.54) is 18.3 Å². The summed E-state index contributed by atoms with van der Waals surface area (Å²) in [5, 5.41) is 0. The van der Waals surface area contributed by atoms with Crippen LogP contribution in [0.3, 0.4) is 0 Å². The molecular formula is C29H33N3O6S. The van der Waals surface area contributed by atoms with E-state index in [1.54, 1.807) is 6.07 Å². The molecule has 0 bridgehead atoms. The average Bonchev–Trinajstić information content (AvgIpc) is 2.85. The lowest BCUT2D eigenvalue weighted by atomic mass is 10.1. The number of rotatable bonds is 8. The number of hydrogen-bond donors (Lipinski definition) is 2. The standard InChI is InChI=1S/C29H29N3O6S.2H2/c1-17(2)37-22-9-6-8-21(16-22)24-12-11-23(27(33)32-39(35,36)25-10-7-13-30-28(25)34)29(31-24)38-26-19(4)14-18(3)15-20(26)5;;/h6-17H,1-5H3,(H,30,34)(H,32,33);2*1H. The number of pyridine rings is 2. The molecule has 0 fully saturated rings. The highest BCUT2D eigenvalue weighted by molar-refractivity contribution is 7.90. The van der Waals surface area contributed by atoms with Crippen molar-refractivity contribution in [3.63, 3.8) is 0 Å². The molecule has 206 valence electrons. The number of carbonyl (C=O) groups is 1. The fraction of sp³-hybridized carbons (Fsp3) is 0.207. The van der Waals surface area contributed by atoms with Gasteiger partial charge in [-0.05, 0) is 82.1 Å². The lowest BCUT2D eigenvalue weighted by Crippen LogP contribution is -2.34. The Morgan fingerprint density at radius 1 is 1.00 bits per heavy atom. The van der Waals surface area contributed by atoms with E-state index in [0.29, 0.717) is 22.8 Å². The summed E-state index contributed by atoms with van der Waals surface area (Å²) in [6.07, 6.45) is 1.27. The van der Waals surface area contributed by atoms with Crippen LogP contribution in [0.4, 0.5) is 0 Å². The van der Waals surface area contributed by atoms with Gasteiger partial charge in [-0.25, -0.2) is 18.1 Å². The zero-order chi connectivity index (χ0) is 28.3. The van der Waals surface area contributed by atoms with Crippen LogP contribution in [0.25, 0.3) is 11.3 Å². The number of H-pyrrole nitrogens is 1. The maximum Gasteiger partial charge on any atom is 0.270 e. The Morgan fingerprint density at radius 2 is 1.72 bits per heavy atom. The summed E-state index contributed by atoms with van der Waals surface area (Å²) in [5.74, 6) is 0.0653. The third-order valence-electron chi connectivity index (χ3n) is 5.71. The maximum atomic E-state index is 13.3. The Bertz CT molecular complexity index is 1700. The third kappa shape index (κ3) is 6.35. The van der Waals surface area contributed by atoms with E-state index in [1.807, 2.05) is 75.7 Å². The topological polar surface area (TPSA) is 127 Å².